The van der Waals surface area contributed by atoms with Crippen molar-refractivity contribution in [3.05, 3.63) is 28.8 Å². The number of nitrogens with zero attached hydrogens (tertiary/aromatic N) is 1. The molecule has 1 amide bonds. The molecule has 8 heteroatoms. The van der Waals surface area contributed by atoms with Crippen LogP contribution in [0.3, 0.4) is 0 Å². The van der Waals surface area contributed by atoms with Crippen LogP contribution >= 0.6 is 11.6 Å². The van der Waals surface area contributed by atoms with E-state index in [1.54, 1.807) is 6.07 Å². The number of ether oxygens (including phenoxy) is 1. The van der Waals surface area contributed by atoms with Crippen molar-refractivity contribution in [3.63, 3.8) is 0 Å². The molecule has 1 saturated heterocycles. The number of carbonyl (C=O) groups excluding carboxylic acids is 1. The molecular weight excluding hydrogens is 328 g/mol. The largest absolute Gasteiger partial charge is 0.376 e. The monoisotopic (exact) mass is 346 g/mol. The summed E-state index contributed by atoms with van der Waals surface area (Å²) in [6, 6.07) is 4.53. The Kier molecular flexibility index (Phi) is 5.31. The number of rotatable bonds is 5. The molecule has 2 rings (SSSR count). The second-order valence-corrected chi connectivity index (χ2v) is 7.66. The van der Waals surface area contributed by atoms with E-state index in [1.165, 1.54) is 19.2 Å². The van der Waals surface area contributed by atoms with E-state index in [9.17, 15) is 13.2 Å². The summed E-state index contributed by atoms with van der Waals surface area (Å²) >= 11 is 6.10. The van der Waals surface area contributed by atoms with Crippen LogP contribution in [-0.4, -0.2) is 46.9 Å². The van der Waals surface area contributed by atoms with E-state index >= 15 is 0 Å². The molecule has 22 heavy (non-hydrogen) atoms. The van der Waals surface area contributed by atoms with Crippen molar-refractivity contribution in [2.45, 2.75) is 18.9 Å². The number of amides is 1. The molecule has 0 saturated carbocycles. The Labute approximate surface area is 135 Å². The number of hydrogen-bond donors (Lipinski definition) is 1. The highest BCUT2D eigenvalue weighted by Crippen LogP contribution is 2.24. The molecule has 6 nitrogen and oxygen atoms in total. The van der Waals surface area contributed by atoms with Crippen molar-refractivity contribution in [2.75, 3.05) is 30.8 Å². The molecule has 122 valence electrons. The summed E-state index contributed by atoms with van der Waals surface area (Å²) < 4.78 is 29.5. The fourth-order valence-electron chi connectivity index (χ4n) is 2.18. The predicted octanol–water partition coefficient (Wildman–Crippen LogP) is 1.64. The van der Waals surface area contributed by atoms with E-state index in [1.807, 2.05) is 0 Å². The van der Waals surface area contributed by atoms with Gasteiger partial charge in [0.2, 0.25) is 10.0 Å². The quantitative estimate of drug-likeness (QED) is 0.879. The fraction of sp³-hybridized carbons (Fsp3) is 0.500. The van der Waals surface area contributed by atoms with Crippen molar-refractivity contribution < 1.29 is 17.9 Å². The summed E-state index contributed by atoms with van der Waals surface area (Å²) in [6.45, 7) is 1.17. The van der Waals surface area contributed by atoms with Crippen LogP contribution < -0.4 is 9.62 Å². The molecule has 0 unspecified atom stereocenters. The number of carbonyl (C=O) groups is 1. The third-order valence-corrected chi connectivity index (χ3v) is 5.09. The molecule has 1 N–H and O–H groups in total. The van der Waals surface area contributed by atoms with Gasteiger partial charge in [0, 0.05) is 20.2 Å². The SMILES string of the molecule is CN(c1ccc(C(=O)NC[C@H]2CCCO2)c(Cl)c1)S(C)(=O)=O. The average molecular weight is 347 g/mol. The van der Waals surface area contributed by atoms with Crippen LogP contribution in [0.15, 0.2) is 18.2 Å². The van der Waals surface area contributed by atoms with E-state index in [0.717, 1.165) is 30.0 Å². The minimum absolute atomic E-state index is 0.0540. The lowest BCUT2D eigenvalue weighted by atomic mass is 10.2. The third kappa shape index (κ3) is 4.12. The molecule has 1 atom stereocenters. The van der Waals surface area contributed by atoms with Crippen molar-refractivity contribution in [1.82, 2.24) is 5.32 Å². The van der Waals surface area contributed by atoms with Crippen LogP contribution in [0.2, 0.25) is 5.02 Å². The van der Waals surface area contributed by atoms with Crippen LogP contribution in [0.5, 0.6) is 0 Å². The first kappa shape index (κ1) is 17.1. The smallest absolute Gasteiger partial charge is 0.252 e. The van der Waals surface area contributed by atoms with E-state index in [2.05, 4.69) is 5.32 Å². The first-order valence-corrected chi connectivity index (χ1v) is 9.15. The topological polar surface area (TPSA) is 75.7 Å². The summed E-state index contributed by atoms with van der Waals surface area (Å²) in [4.78, 5) is 12.1. The zero-order chi connectivity index (χ0) is 16.3. The van der Waals surface area contributed by atoms with Gasteiger partial charge in [-0.05, 0) is 31.0 Å². The van der Waals surface area contributed by atoms with Crippen molar-refractivity contribution >= 4 is 33.2 Å². The maximum absolute atomic E-state index is 12.1. The Hall–Kier alpha value is -1.31. The number of anilines is 1. The molecule has 0 radical (unpaired) electrons. The van der Waals surface area contributed by atoms with Crippen LogP contribution in [0.25, 0.3) is 0 Å². The lowest BCUT2D eigenvalue weighted by Gasteiger charge is -2.18. The van der Waals surface area contributed by atoms with Gasteiger partial charge in [-0.25, -0.2) is 8.42 Å². The number of benzene rings is 1. The summed E-state index contributed by atoms with van der Waals surface area (Å²) in [5.41, 5.74) is 0.716. The van der Waals surface area contributed by atoms with E-state index in [4.69, 9.17) is 16.3 Å². The molecular formula is C14H19ClN2O4S. The fourth-order valence-corrected chi connectivity index (χ4v) is 2.94. The van der Waals surface area contributed by atoms with Crippen molar-refractivity contribution in [2.24, 2.45) is 0 Å². The predicted molar refractivity (Wildman–Crippen MR) is 86.0 cm³/mol. The second kappa shape index (κ2) is 6.85. The van der Waals surface area contributed by atoms with Gasteiger partial charge in [0.25, 0.3) is 5.91 Å². The maximum atomic E-state index is 12.1. The van der Waals surface area contributed by atoms with Gasteiger partial charge < -0.3 is 10.1 Å². The Balaban J connectivity index is 2.07. The molecule has 0 spiro atoms. The molecule has 0 bridgehead atoms. The molecule has 1 aromatic rings. The van der Waals surface area contributed by atoms with E-state index < -0.39 is 10.0 Å². The van der Waals surface area contributed by atoms with Gasteiger partial charge in [-0.15, -0.1) is 0 Å². The van der Waals surface area contributed by atoms with Gasteiger partial charge in [-0.3, -0.25) is 9.10 Å². The van der Waals surface area contributed by atoms with Crippen LogP contribution in [0, 0.1) is 0 Å². The summed E-state index contributed by atoms with van der Waals surface area (Å²) in [7, 11) is -1.94. The highest BCUT2D eigenvalue weighted by molar-refractivity contribution is 7.92. The molecule has 1 aliphatic heterocycles. The molecule has 1 aliphatic rings. The lowest BCUT2D eigenvalue weighted by Crippen LogP contribution is -2.32. The molecule has 0 aliphatic carbocycles. The zero-order valence-corrected chi connectivity index (χ0v) is 14.1. The second-order valence-electron chi connectivity index (χ2n) is 5.24. The minimum atomic E-state index is -3.37. The first-order valence-electron chi connectivity index (χ1n) is 6.92. The van der Waals surface area contributed by atoms with Crippen molar-refractivity contribution in [1.29, 1.82) is 0 Å². The maximum Gasteiger partial charge on any atom is 0.252 e. The Morgan fingerprint density at radius 3 is 2.77 bits per heavy atom. The molecule has 1 aromatic carbocycles. The zero-order valence-electron chi connectivity index (χ0n) is 12.5. The molecule has 0 aromatic heterocycles. The highest BCUT2D eigenvalue weighted by atomic mass is 35.5. The molecule has 1 heterocycles. The van der Waals surface area contributed by atoms with Gasteiger partial charge in [-0.2, -0.15) is 0 Å². The van der Waals surface area contributed by atoms with E-state index in [-0.39, 0.29) is 17.0 Å². The molecule has 1 fully saturated rings. The van der Waals surface area contributed by atoms with Gasteiger partial charge in [0.15, 0.2) is 0 Å². The summed E-state index contributed by atoms with van der Waals surface area (Å²) in [5.74, 6) is -0.297. The number of nitrogens with one attached hydrogen (secondary N) is 1. The van der Waals surface area contributed by atoms with Crippen LogP contribution in [-0.2, 0) is 14.8 Å². The normalized spacial score (nSPS) is 18.2. The van der Waals surface area contributed by atoms with Gasteiger partial charge >= 0.3 is 0 Å². The van der Waals surface area contributed by atoms with Gasteiger partial charge in [0.1, 0.15) is 0 Å². The Morgan fingerprint density at radius 2 is 2.23 bits per heavy atom. The number of halogens is 1. The van der Waals surface area contributed by atoms with E-state index in [0.29, 0.717) is 17.8 Å². The van der Waals surface area contributed by atoms with Gasteiger partial charge in [0.05, 0.1) is 28.6 Å². The minimum Gasteiger partial charge on any atom is -0.376 e. The Bertz CT molecular complexity index is 657. The number of sulfonamides is 1. The Morgan fingerprint density at radius 1 is 1.50 bits per heavy atom. The van der Waals surface area contributed by atoms with Crippen LogP contribution in [0.1, 0.15) is 23.2 Å². The lowest BCUT2D eigenvalue weighted by molar-refractivity contribution is 0.0858. The van der Waals surface area contributed by atoms with Crippen molar-refractivity contribution in [3.8, 4) is 0 Å². The number of hydrogen-bond acceptors (Lipinski definition) is 4. The highest BCUT2D eigenvalue weighted by Gasteiger charge is 2.19. The third-order valence-electron chi connectivity index (χ3n) is 3.57. The van der Waals surface area contributed by atoms with Gasteiger partial charge in [-0.1, -0.05) is 11.6 Å². The average Bonchev–Trinajstić information content (AvgIpc) is 2.96. The summed E-state index contributed by atoms with van der Waals surface area (Å²) in [5, 5.41) is 2.99. The first-order chi connectivity index (χ1) is 10.3. The summed E-state index contributed by atoms with van der Waals surface area (Å²) in [6.07, 6.45) is 3.10. The standard InChI is InChI=1S/C14H19ClN2O4S/c1-17(22(2,19)20)10-5-6-12(13(15)8-10)14(18)16-9-11-4-3-7-21-11/h5-6,8,11H,3-4,7,9H2,1-2H3,(H,16,18)/t11-/m1/s1. The van der Waals surface area contributed by atoms with Crippen LogP contribution in [0.4, 0.5) is 5.69 Å².